The van der Waals surface area contributed by atoms with Crippen molar-refractivity contribution in [2.75, 3.05) is 0 Å². The molecule has 6 heteroatoms. The summed E-state index contributed by atoms with van der Waals surface area (Å²) in [5.74, 6) is -1.07. The van der Waals surface area contributed by atoms with Crippen molar-refractivity contribution >= 4 is 33.7 Å². The number of rotatable bonds is 3. The molecule has 15 heavy (non-hydrogen) atoms. The van der Waals surface area contributed by atoms with Gasteiger partial charge in [0.05, 0.1) is 4.92 Å². The van der Waals surface area contributed by atoms with Crippen molar-refractivity contribution in [3.8, 4) is 0 Å². The minimum absolute atomic E-state index is 0.0469. The molecule has 0 amide bonds. The first kappa shape index (κ1) is 11.4. The topological polar surface area (TPSA) is 80.4 Å². The van der Waals surface area contributed by atoms with E-state index in [2.05, 4.69) is 15.9 Å². The van der Waals surface area contributed by atoms with Gasteiger partial charge in [-0.25, -0.2) is 4.79 Å². The molecule has 0 aliphatic heterocycles. The van der Waals surface area contributed by atoms with Crippen LogP contribution in [0.1, 0.15) is 5.56 Å². The number of carboxylic acid groups (broad SMARTS) is 1. The molecule has 0 spiro atoms. The van der Waals surface area contributed by atoms with Gasteiger partial charge in [-0.05, 0) is 33.6 Å². The Hall–Kier alpha value is -1.69. The number of halogens is 1. The SMILES string of the molecule is O=C(O)C=Cc1ccc([N+](=O)[O-])cc1Br. The van der Waals surface area contributed by atoms with Crippen LogP contribution < -0.4 is 0 Å². The second-order valence-corrected chi connectivity index (χ2v) is 3.49. The summed E-state index contributed by atoms with van der Waals surface area (Å²) in [6.45, 7) is 0. The number of carboxylic acids is 1. The molecule has 1 rings (SSSR count). The minimum atomic E-state index is -1.07. The smallest absolute Gasteiger partial charge is 0.328 e. The van der Waals surface area contributed by atoms with Gasteiger partial charge >= 0.3 is 5.97 Å². The molecular formula is C9H6BrNO4. The first-order valence-corrected chi connectivity index (χ1v) is 4.65. The molecule has 0 fully saturated rings. The molecule has 0 heterocycles. The Morgan fingerprint density at radius 3 is 2.67 bits per heavy atom. The van der Waals surface area contributed by atoms with E-state index in [1.54, 1.807) is 0 Å². The van der Waals surface area contributed by atoms with Gasteiger partial charge < -0.3 is 5.11 Å². The van der Waals surface area contributed by atoms with Crippen molar-refractivity contribution in [1.82, 2.24) is 0 Å². The Bertz CT molecular complexity index is 442. The molecule has 1 aromatic carbocycles. The number of carbonyl (C=O) groups is 1. The van der Waals surface area contributed by atoms with Crippen LogP contribution >= 0.6 is 15.9 Å². The van der Waals surface area contributed by atoms with Gasteiger partial charge in [0.2, 0.25) is 0 Å². The highest BCUT2D eigenvalue weighted by Crippen LogP contribution is 2.23. The molecule has 0 saturated carbocycles. The predicted octanol–water partition coefficient (Wildman–Crippen LogP) is 2.46. The lowest BCUT2D eigenvalue weighted by atomic mass is 10.2. The molecule has 1 N–H and O–H groups in total. The van der Waals surface area contributed by atoms with Gasteiger partial charge in [-0.15, -0.1) is 0 Å². The Morgan fingerprint density at radius 2 is 2.20 bits per heavy atom. The minimum Gasteiger partial charge on any atom is -0.478 e. The van der Waals surface area contributed by atoms with E-state index >= 15 is 0 Å². The molecule has 78 valence electrons. The van der Waals surface area contributed by atoms with Gasteiger partial charge in [-0.3, -0.25) is 10.1 Å². The second kappa shape index (κ2) is 4.70. The molecular weight excluding hydrogens is 266 g/mol. The molecule has 0 aromatic heterocycles. The van der Waals surface area contributed by atoms with Crippen LogP contribution in [0.15, 0.2) is 28.7 Å². The van der Waals surface area contributed by atoms with Gasteiger partial charge in [0.15, 0.2) is 0 Å². The van der Waals surface area contributed by atoms with E-state index in [1.165, 1.54) is 24.3 Å². The van der Waals surface area contributed by atoms with Crippen LogP contribution in [0.4, 0.5) is 5.69 Å². The Morgan fingerprint density at radius 1 is 1.53 bits per heavy atom. The van der Waals surface area contributed by atoms with E-state index in [0.29, 0.717) is 10.0 Å². The summed E-state index contributed by atoms with van der Waals surface area (Å²) in [4.78, 5) is 20.1. The molecule has 0 atom stereocenters. The lowest BCUT2D eigenvalue weighted by molar-refractivity contribution is -0.384. The fraction of sp³-hybridized carbons (Fsp3) is 0. The fourth-order valence-electron chi connectivity index (χ4n) is 0.926. The average Bonchev–Trinajstić information content (AvgIpc) is 2.15. The summed E-state index contributed by atoms with van der Waals surface area (Å²) < 4.78 is 0.481. The molecule has 0 bridgehead atoms. The van der Waals surface area contributed by atoms with Crippen LogP contribution in [0.5, 0.6) is 0 Å². The maximum atomic E-state index is 10.4. The number of nitro benzene ring substituents is 1. The van der Waals surface area contributed by atoms with E-state index < -0.39 is 10.9 Å². The Labute approximate surface area is 93.3 Å². The summed E-state index contributed by atoms with van der Waals surface area (Å²) in [5, 5.41) is 18.8. The summed E-state index contributed by atoms with van der Waals surface area (Å²) in [7, 11) is 0. The van der Waals surface area contributed by atoms with Crippen LogP contribution in [0.3, 0.4) is 0 Å². The van der Waals surface area contributed by atoms with Crippen molar-refractivity contribution in [3.05, 3.63) is 44.4 Å². The molecule has 1 aromatic rings. The van der Waals surface area contributed by atoms with Crippen molar-refractivity contribution in [2.24, 2.45) is 0 Å². The third-order valence-electron chi connectivity index (χ3n) is 1.60. The molecule has 0 saturated heterocycles. The number of nitrogens with zero attached hydrogens (tertiary/aromatic N) is 1. The summed E-state index contributed by atoms with van der Waals surface area (Å²) in [5.41, 5.74) is 0.525. The molecule has 0 unspecified atom stereocenters. The lowest BCUT2D eigenvalue weighted by Crippen LogP contribution is -1.89. The average molecular weight is 272 g/mol. The Kier molecular flexibility index (Phi) is 3.56. The Balaban J connectivity index is 3.03. The van der Waals surface area contributed by atoms with Crippen molar-refractivity contribution < 1.29 is 14.8 Å². The summed E-state index contributed by atoms with van der Waals surface area (Å²) in [6, 6.07) is 4.11. The second-order valence-electron chi connectivity index (χ2n) is 2.63. The van der Waals surface area contributed by atoms with E-state index in [0.717, 1.165) is 6.08 Å². The third kappa shape index (κ3) is 3.17. The number of nitro groups is 1. The zero-order valence-corrected chi connectivity index (χ0v) is 8.97. The number of benzene rings is 1. The van der Waals surface area contributed by atoms with E-state index in [9.17, 15) is 14.9 Å². The van der Waals surface area contributed by atoms with E-state index in [1.807, 2.05) is 0 Å². The number of aliphatic carboxylic acids is 1. The van der Waals surface area contributed by atoms with Gasteiger partial charge in [0, 0.05) is 22.7 Å². The van der Waals surface area contributed by atoms with Gasteiger partial charge in [-0.1, -0.05) is 0 Å². The third-order valence-corrected chi connectivity index (χ3v) is 2.29. The van der Waals surface area contributed by atoms with Crippen molar-refractivity contribution in [3.63, 3.8) is 0 Å². The first-order chi connectivity index (χ1) is 7.00. The first-order valence-electron chi connectivity index (χ1n) is 3.85. The van der Waals surface area contributed by atoms with Gasteiger partial charge in [0.25, 0.3) is 5.69 Å². The van der Waals surface area contributed by atoms with Crippen molar-refractivity contribution in [1.29, 1.82) is 0 Å². The van der Waals surface area contributed by atoms with E-state index in [-0.39, 0.29) is 5.69 Å². The standard InChI is InChI=1S/C9H6BrNO4/c10-8-5-7(11(14)15)3-1-6(8)2-4-9(12)13/h1-5H,(H,12,13). The highest BCUT2D eigenvalue weighted by atomic mass is 79.9. The molecule has 0 aliphatic rings. The predicted molar refractivity (Wildman–Crippen MR) is 57.5 cm³/mol. The van der Waals surface area contributed by atoms with Crippen LogP contribution in [0.25, 0.3) is 6.08 Å². The maximum absolute atomic E-state index is 10.4. The molecule has 0 radical (unpaired) electrons. The van der Waals surface area contributed by atoms with Gasteiger partial charge in [0.1, 0.15) is 0 Å². The quantitative estimate of drug-likeness (QED) is 0.520. The monoisotopic (exact) mass is 271 g/mol. The highest BCUT2D eigenvalue weighted by Gasteiger charge is 2.07. The van der Waals surface area contributed by atoms with Crippen LogP contribution in [0.2, 0.25) is 0 Å². The largest absolute Gasteiger partial charge is 0.478 e. The summed E-state index contributed by atoms with van der Waals surface area (Å²) in [6.07, 6.45) is 2.32. The normalized spacial score (nSPS) is 10.5. The maximum Gasteiger partial charge on any atom is 0.328 e. The fourth-order valence-corrected chi connectivity index (χ4v) is 1.42. The van der Waals surface area contributed by atoms with E-state index in [4.69, 9.17) is 5.11 Å². The van der Waals surface area contributed by atoms with Crippen molar-refractivity contribution in [2.45, 2.75) is 0 Å². The molecule has 0 aliphatic carbocycles. The van der Waals surface area contributed by atoms with Crippen LogP contribution in [-0.2, 0) is 4.79 Å². The zero-order valence-electron chi connectivity index (χ0n) is 7.38. The number of hydrogen-bond donors (Lipinski definition) is 1. The lowest BCUT2D eigenvalue weighted by Gasteiger charge is -1.97. The van der Waals surface area contributed by atoms with Gasteiger partial charge in [-0.2, -0.15) is 0 Å². The molecule has 5 nitrogen and oxygen atoms in total. The van der Waals surface area contributed by atoms with Crippen LogP contribution in [0, 0.1) is 10.1 Å². The summed E-state index contributed by atoms with van der Waals surface area (Å²) >= 11 is 3.12. The number of non-ortho nitro benzene ring substituents is 1. The number of hydrogen-bond acceptors (Lipinski definition) is 3. The van der Waals surface area contributed by atoms with Crippen LogP contribution in [-0.4, -0.2) is 16.0 Å². The zero-order chi connectivity index (χ0) is 11.4. The highest BCUT2D eigenvalue weighted by molar-refractivity contribution is 9.10.